The van der Waals surface area contributed by atoms with E-state index >= 15 is 0 Å². The SMILES string of the molecule is CNc1cc([N+](=O)[O-])cc(Nc2cc(Br)ccc2F)n1. The van der Waals surface area contributed by atoms with E-state index in [0.29, 0.717) is 10.3 Å². The van der Waals surface area contributed by atoms with Crippen LogP contribution in [-0.2, 0) is 0 Å². The minimum Gasteiger partial charge on any atom is -0.373 e. The van der Waals surface area contributed by atoms with Gasteiger partial charge in [-0.15, -0.1) is 0 Å². The molecule has 0 aliphatic heterocycles. The Balaban J connectivity index is 2.39. The van der Waals surface area contributed by atoms with Crippen LogP contribution in [0.2, 0.25) is 0 Å². The molecule has 104 valence electrons. The molecule has 0 amide bonds. The van der Waals surface area contributed by atoms with E-state index in [1.165, 1.54) is 24.3 Å². The predicted octanol–water partition coefficient (Wildman–Crippen LogP) is 3.68. The van der Waals surface area contributed by atoms with E-state index in [0.717, 1.165) is 0 Å². The van der Waals surface area contributed by atoms with Crippen LogP contribution in [0, 0.1) is 15.9 Å². The van der Waals surface area contributed by atoms with Crippen LogP contribution in [0.5, 0.6) is 0 Å². The summed E-state index contributed by atoms with van der Waals surface area (Å²) < 4.78 is 14.3. The van der Waals surface area contributed by atoms with Crippen molar-refractivity contribution in [2.24, 2.45) is 0 Å². The monoisotopic (exact) mass is 340 g/mol. The van der Waals surface area contributed by atoms with Gasteiger partial charge in [-0.3, -0.25) is 10.1 Å². The Morgan fingerprint density at radius 2 is 2.00 bits per heavy atom. The minimum atomic E-state index is -0.537. The van der Waals surface area contributed by atoms with E-state index in [2.05, 4.69) is 31.5 Å². The van der Waals surface area contributed by atoms with Gasteiger partial charge < -0.3 is 10.6 Å². The molecule has 20 heavy (non-hydrogen) atoms. The van der Waals surface area contributed by atoms with Crippen molar-refractivity contribution in [2.75, 3.05) is 17.7 Å². The molecule has 1 aromatic carbocycles. The molecule has 0 aliphatic carbocycles. The van der Waals surface area contributed by atoms with Crippen molar-refractivity contribution in [2.45, 2.75) is 0 Å². The van der Waals surface area contributed by atoms with Crippen LogP contribution in [-0.4, -0.2) is 17.0 Å². The topological polar surface area (TPSA) is 80.1 Å². The van der Waals surface area contributed by atoms with Gasteiger partial charge in [-0.1, -0.05) is 15.9 Å². The van der Waals surface area contributed by atoms with Gasteiger partial charge in [0.1, 0.15) is 17.5 Å². The number of hydrogen-bond acceptors (Lipinski definition) is 5. The molecule has 0 radical (unpaired) electrons. The number of halogens is 2. The molecule has 1 heterocycles. The number of rotatable bonds is 4. The number of aromatic nitrogens is 1. The molecule has 2 N–H and O–H groups in total. The van der Waals surface area contributed by atoms with E-state index in [1.807, 2.05) is 0 Å². The smallest absolute Gasteiger partial charge is 0.276 e. The number of pyridine rings is 1. The number of hydrogen-bond donors (Lipinski definition) is 2. The second-order valence-corrected chi connectivity index (χ2v) is 4.77. The molecule has 6 nitrogen and oxygen atoms in total. The molecule has 0 spiro atoms. The fourth-order valence-electron chi connectivity index (χ4n) is 1.54. The van der Waals surface area contributed by atoms with Gasteiger partial charge in [-0.05, 0) is 18.2 Å². The van der Waals surface area contributed by atoms with Crippen molar-refractivity contribution >= 4 is 38.9 Å². The van der Waals surface area contributed by atoms with Crippen molar-refractivity contribution in [3.63, 3.8) is 0 Å². The van der Waals surface area contributed by atoms with Gasteiger partial charge in [0.25, 0.3) is 5.69 Å². The molecule has 0 fully saturated rings. The standard InChI is InChI=1S/C12H10BrFN4O2/c1-15-11-5-8(18(19)20)6-12(17-11)16-10-4-7(13)2-3-9(10)14/h2-6H,1H3,(H2,15,16,17). The highest BCUT2D eigenvalue weighted by atomic mass is 79.9. The van der Waals surface area contributed by atoms with Gasteiger partial charge in [0.05, 0.1) is 22.7 Å². The van der Waals surface area contributed by atoms with Crippen molar-refractivity contribution in [3.05, 3.63) is 50.7 Å². The number of benzene rings is 1. The van der Waals surface area contributed by atoms with E-state index in [9.17, 15) is 14.5 Å². The summed E-state index contributed by atoms with van der Waals surface area (Å²) in [5, 5.41) is 16.3. The maximum atomic E-state index is 13.6. The van der Waals surface area contributed by atoms with E-state index in [-0.39, 0.29) is 17.2 Å². The zero-order valence-electron chi connectivity index (χ0n) is 10.4. The molecule has 0 atom stereocenters. The Morgan fingerprint density at radius 1 is 1.30 bits per heavy atom. The van der Waals surface area contributed by atoms with Crippen LogP contribution >= 0.6 is 15.9 Å². The fourth-order valence-corrected chi connectivity index (χ4v) is 1.91. The summed E-state index contributed by atoms with van der Waals surface area (Å²) >= 11 is 3.23. The molecule has 2 rings (SSSR count). The Morgan fingerprint density at radius 3 is 2.65 bits per heavy atom. The second kappa shape index (κ2) is 5.83. The molecule has 8 heteroatoms. The summed E-state index contributed by atoms with van der Waals surface area (Å²) in [5.41, 5.74) is 0.0386. The summed E-state index contributed by atoms with van der Waals surface area (Å²) in [6.45, 7) is 0. The summed E-state index contributed by atoms with van der Waals surface area (Å²) in [7, 11) is 1.59. The summed E-state index contributed by atoms with van der Waals surface area (Å²) in [5.74, 6) is 0.0187. The highest BCUT2D eigenvalue weighted by Crippen LogP contribution is 2.26. The zero-order chi connectivity index (χ0) is 14.7. The normalized spacial score (nSPS) is 10.2. The van der Waals surface area contributed by atoms with E-state index in [1.54, 1.807) is 13.1 Å². The molecular formula is C12H10BrFN4O2. The first-order chi connectivity index (χ1) is 9.49. The van der Waals surface area contributed by atoms with Crippen LogP contribution in [0.1, 0.15) is 0 Å². The number of nitro groups is 1. The maximum absolute atomic E-state index is 13.6. The zero-order valence-corrected chi connectivity index (χ0v) is 11.9. The Bertz CT molecular complexity index is 666. The lowest BCUT2D eigenvalue weighted by Crippen LogP contribution is -2.01. The summed E-state index contributed by atoms with van der Waals surface area (Å²) in [6.07, 6.45) is 0. The number of anilines is 3. The van der Waals surface area contributed by atoms with Crippen LogP contribution in [0.15, 0.2) is 34.8 Å². The average Bonchev–Trinajstić information content (AvgIpc) is 2.42. The molecule has 0 saturated heterocycles. The lowest BCUT2D eigenvalue weighted by molar-refractivity contribution is -0.384. The second-order valence-electron chi connectivity index (χ2n) is 3.85. The lowest BCUT2D eigenvalue weighted by Gasteiger charge is -2.09. The number of nitrogens with one attached hydrogen (secondary N) is 2. The van der Waals surface area contributed by atoms with Gasteiger partial charge in [0.15, 0.2) is 0 Å². The third-order valence-corrected chi connectivity index (χ3v) is 2.96. The van der Waals surface area contributed by atoms with Crippen molar-refractivity contribution in [1.82, 2.24) is 4.98 Å². The van der Waals surface area contributed by atoms with Crippen molar-refractivity contribution in [1.29, 1.82) is 0 Å². The third kappa shape index (κ3) is 3.21. The Hall–Kier alpha value is -2.22. The molecule has 0 saturated carbocycles. The first-order valence-electron chi connectivity index (χ1n) is 5.56. The summed E-state index contributed by atoms with van der Waals surface area (Å²) in [4.78, 5) is 14.4. The van der Waals surface area contributed by atoms with Crippen LogP contribution < -0.4 is 10.6 Å². The Kier molecular flexibility index (Phi) is 4.14. The predicted molar refractivity (Wildman–Crippen MR) is 77.8 cm³/mol. The Labute approximate surface area is 122 Å². The van der Waals surface area contributed by atoms with Gasteiger partial charge in [0.2, 0.25) is 0 Å². The molecular weight excluding hydrogens is 331 g/mol. The lowest BCUT2D eigenvalue weighted by atomic mass is 10.3. The van der Waals surface area contributed by atoms with Gasteiger partial charge in [0, 0.05) is 11.5 Å². The van der Waals surface area contributed by atoms with E-state index in [4.69, 9.17) is 0 Å². The first kappa shape index (κ1) is 14.2. The molecule has 1 aromatic heterocycles. The van der Waals surface area contributed by atoms with Crippen LogP contribution in [0.4, 0.5) is 27.4 Å². The largest absolute Gasteiger partial charge is 0.373 e. The quantitative estimate of drug-likeness (QED) is 0.655. The molecule has 0 bridgehead atoms. The summed E-state index contributed by atoms with van der Waals surface area (Å²) in [6, 6.07) is 6.89. The van der Waals surface area contributed by atoms with Gasteiger partial charge >= 0.3 is 0 Å². The van der Waals surface area contributed by atoms with Crippen molar-refractivity contribution in [3.8, 4) is 0 Å². The van der Waals surface area contributed by atoms with Gasteiger partial charge in [-0.2, -0.15) is 0 Å². The number of nitrogens with zero attached hydrogens (tertiary/aromatic N) is 2. The molecule has 0 unspecified atom stereocenters. The fraction of sp³-hybridized carbons (Fsp3) is 0.0833. The molecule has 0 aliphatic rings. The van der Waals surface area contributed by atoms with E-state index < -0.39 is 10.7 Å². The van der Waals surface area contributed by atoms with Crippen LogP contribution in [0.25, 0.3) is 0 Å². The van der Waals surface area contributed by atoms with Gasteiger partial charge in [-0.25, -0.2) is 9.37 Å². The highest BCUT2D eigenvalue weighted by Gasteiger charge is 2.12. The average molecular weight is 341 g/mol. The third-order valence-electron chi connectivity index (χ3n) is 2.47. The van der Waals surface area contributed by atoms with Crippen LogP contribution in [0.3, 0.4) is 0 Å². The van der Waals surface area contributed by atoms with Crippen molar-refractivity contribution < 1.29 is 9.31 Å². The minimum absolute atomic E-state index is 0.137. The maximum Gasteiger partial charge on any atom is 0.276 e. The first-order valence-corrected chi connectivity index (χ1v) is 6.35. The molecule has 2 aromatic rings. The highest BCUT2D eigenvalue weighted by molar-refractivity contribution is 9.10.